The van der Waals surface area contributed by atoms with E-state index in [1.807, 2.05) is 10.6 Å². The Balaban J connectivity index is 1.91. The molecule has 0 aliphatic heterocycles. The van der Waals surface area contributed by atoms with Crippen molar-refractivity contribution < 1.29 is 9.90 Å². The van der Waals surface area contributed by atoms with E-state index in [1.165, 1.54) is 0 Å². The zero-order valence-corrected chi connectivity index (χ0v) is 15.2. The lowest BCUT2D eigenvalue weighted by Crippen LogP contribution is -2.34. The van der Waals surface area contributed by atoms with Crippen LogP contribution in [-0.2, 0) is 11.3 Å². The Labute approximate surface area is 154 Å². The molecule has 2 rings (SSSR count). The summed E-state index contributed by atoms with van der Waals surface area (Å²) in [6, 6.07) is 6.52. The molecule has 7 heteroatoms. The fraction of sp³-hybridized carbons (Fsp3) is 0.474. The molecule has 140 valence electrons. The number of nitrogens with zero attached hydrogens (tertiary/aromatic N) is 4. The number of carbonyl (C=O) groups excluding carboxylic acids is 1. The van der Waals surface area contributed by atoms with Gasteiger partial charge in [0.15, 0.2) is 0 Å². The van der Waals surface area contributed by atoms with Crippen LogP contribution >= 0.6 is 0 Å². The highest BCUT2D eigenvalue weighted by Crippen LogP contribution is 2.14. The lowest BCUT2D eigenvalue weighted by atomic mass is 10.1. The van der Waals surface area contributed by atoms with Gasteiger partial charge in [0.1, 0.15) is 24.4 Å². The van der Waals surface area contributed by atoms with Gasteiger partial charge in [-0.3, -0.25) is 9.79 Å². The van der Waals surface area contributed by atoms with Crippen molar-refractivity contribution >= 4 is 12.1 Å². The maximum atomic E-state index is 12.4. The van der Waals surface area contributed by atoms with E-state index >= 15 is 0 Å². The van der Waals surface area contributed by atoms with E-state index in [-0.39, 0.29) is 11.7 Å². The van der Waals surface area contributed by atoms with Crippen LogP contribution < -0.4 is 5.32 Å². The molecule has 0 aliphatic rings. The van der Waals surface area contributed by atoms with Gasteiger partial charge in [0.25, 0.3) is 0 Å². The molecule has 0 saturated carbocycles. The fourth-order valence-corrected chi connectivity index (χ4v) is 2.52. The maximum Gasteiger partial charge on any atom is 0.244 e. The summed E-state index contributed by atoms with van der Waals surface area (Å²) in [5, 5.41) is 20.4. The number of aromatic nitrogens is 3. The molecule has 0 radical (unpaired) electrons. The molecular formula is C19H27N5O2. The van der Waals surface area contributed by atoms with Crippen molar-refractivity contribution in [2.75, 3.05) is 6.54 Å². The Bertz CT molecular complexity index is 685. The first-order valence-corrected chi connectivity index (χ1v) is 9.12. The number of benzene rings is 1. The number of carbonyl (C=O) groups is 1. The van der Waals surface area contributed by atoms with Crippen LogP contribution in [0, 0.1) is 0 Å². The number of unbranched alkanes of at least 4 members (excludes halogenated alkanes) is 2. The van der Waals surface area contributed by atoms with E-state index in [4.69, 9.17) is 0 Å². The number of hydrogen-bond acceptors (Lipinski definition) is 5. The molecule has 1 heterocycles. The first-order chi connectivity index (χ1) is 12.7. The Morgan fingerprint density at radius 3 is 2.77 bits per heavy atom. The van der Waals surface area contributed by atoms with Crippen LogP contribution in [0.4, 0.5) is 0 Å². The molecule has 1 amide bonds. The van der Waals surface area contributed by atoms with Gasteiger partial charge in [0.05, 0.1) is 0 Å². The first-order valence-electron chi connectivity index (χ1n) is 9.12. The molecule has 1 aromatic heterocycles. The highest BCUT2D eigenvalue weighted by atomic mass is 16.3. The zero-order valence-electron chi connectivity index (χ0n) is 15.2. The lowest BCUT2D eigenvalue weighted by Gasteiger charge is -2.13. The van der Waals surface area contributed by atoms with Crippen LogP contribution in [-0.4, -0.2) is 44.6 Å². The van der Waals surface area contributed by atoms with Crippen LogP contribution in [0.3, 0.4) is 0 Å². The Morgan fingerprint density at radius 1 is 1.27 bits per heavy atom. The monoisotopic (exact) mass is 357 g/mol. The summed E-state index contributed by atoms with van der Waals surface area (Å²) in [7, 11) is 0. The third-order valence-corrected chi connectivity index (χ3v) is 4.07. The van der Waals surface area contributed by atoms with Gasteiger partial charge in [0, 0.05) is 24.9 Å². The van der Waals surface area contributed by atoms with Gasteiger partial charge in [0.2, 0.25) is 5.91 Å². The minimum absolute atomic E-state index is 0.0607. The summed E-state index contributed by atoms with van der Waals surface area (Å²) in [6.45, 7) is 3.57. The van der Waals surface area contributed by atoms with Crippen molar-refractivity contribution in [3.8, 4) is 5.75 Å². The quantitative estimate of drug-likeness (QED) is 0.477. The van der Waals surface area contributed by atoms with Crippen molar-refractivity contribution in [3.63, 3.8) is 0 Å². The van der Waals surface area contributed by atoms with Crippen molar-refractivity contribution in [2.45, 2.75) is 51.6 Å². The number of amides is 1. The van der Waals surface area contributed by atoms with E-state index < -0.39 is 6.04 Å². The van der Waals surface area contributed by atoms with E-state index in [2.05, 4.69) is 27.4 Å². The predicted octanol–water partition coefficient (Wildman–Crippen LogP) is 2.56. The number of phenolic OH excluding ortho intramolecular Hbond substituents is 1. The molecule has 0 bridgehead atoms. The highest BCUT2D eigenvalue weighted by Gasteiger charge is 2.16. The molecule has 2 aromatic rings. The van der Waals surface area contributed by atoms with Crippen molar-refractivity contribution in [3.05, 3.63) is 42.5 Å². The molecule has 0 saturated heterocycles. The second-order valence-electron chi connectivity index (χ2n) is 6.19. The van der Waals surface area contributed by atoms with E-state index in [0.717, 1.165) is 32.2 Å². The summed E-state index contributed by atoms with van der Waals surface area (Å²) in [5.41, 5.74) is 0.614. The molecular weight excluding hydrogens is 330 g/mol. The second kappa shape index (κ2) is 11.0. The molecule has 0 spiro atoms. The molecule has 26 heavy (non-hydrogen) atoms. The smallest absolute Gasteiger partial charge is 0.244 e. The summed E-state index contributed by atoms with van der Waals surface area (Å²) in [5.74, 6) is 0.100. The van der Waals surface area contributed by atoms with Gasteiger partial charge in [-0.05, 0) is 37.8 Å². The molecule has 7 nitrogen and oxygen atoms in total. The van der Waals surface area contributed by atoms with Crippen molar-refractivity contribution in [1.82, 2.24) is 20.1 Å². The standard InChI is InChI=1S/C19H27N5O2/c1-2-3-11-20-19(26)17(9-6-7-12-24-14-22-23-15-24)21-13-16-8-4-5-10-18(16)25/h4-5,8,10,13-15,17,25H,2-3,6-7,9,11-12H2,1H3,(H,20,26). The van der Waals surface area contributed by atoms with E-state index in [9.17, 15) is 9.90 Å². The molecule has 1 aromatic carbocycles. The van der Waals surface area contributed by atoms with Gasteiger partial charge in [-0.15, -0.1) is 10.2 Å². The molecule has 1 atom stereocenters. The first kappa shape index (κ1) is 19.6. The molecule has 0 aliphatic carbocycles. The number of para-hydroxylation sites is 1. The van der Waals surface area contributed by atoms with Gasteiger partial charge in [-0.2, -0.15) is 0 Å². The second-order valence-corrected chi connectivity index (χ2v) is 6.19. The summed E-state index contributed by atoms with van der Waals surface area (Å²) in [4.78, 5) is 16.9. The van der Waals surface area contributed by atoms with Gasteiger partial charge in [-0.1, -0.05) is 25.5 Å². The van der Waals surface area contributed by atoms with E-state index in [1.54, 1.807) is 37.1 Å². The number of hydrogen-bond donors (Lipinski definition) is 2. The number of aromatic hydroxyl groups is 1. The third kappa shape index (κ3) is 6.66. The van der Waals surface area contributed by atoms with Crippen molar-refractivity contribution in [2.24, 2.45) is 4.99 Å². The fourth-order valence-electron chi connectivity index (χ4n) is 2.52. The average molecular weight is 357 g/mol. The van der Waals surface area contributed by atoms with Gasteiger partial charge in [-0.25, -0.2) is 0 Å². The Morgan fingerprint density at radius 2 is 2.04 bits per heavy atom. The summed E-state index contributed by atoms with van der Waals surface area (Å²) >= 11 is 0. The Kier molecular flexibility index (Phi) is 8.32. The normalized spacial score (nSPS) is 12.3. The number of aryl methyl sites for hydroxylation is 1. The lowest BCUT2D eigenvalue weighted by molar-refractivity contribution is -0.122. The Hall–Kier alpha value is -2.70. The van der Waals surface area contributed by atoms with Gasteiger partial charge >= 0.3 is 0 Å². The van der Waals surface area contributed by atoms with E-state index in [0.29, 0.717) is 18.5 Å². The average Bonchev–Trinajstić information content (AvgIpc) is 3.16. The number of nitrogens with one attached hydrogen (secondary N) is 1. The zero-order chi connectivity index (χ0) is 18.6. The van der Waals surface area contributed by atoms with Crippen LogP contribution in [0.5, 0.6) is 5.75 Å². The summed E-state index contributed by atoms with van der Waals surface area (Å²) in [6.07, 6.45) is 9.38. The maximum absolute atomic E-state index is 12.4. The number of phenols is 1. The SMILES string of the molecule is CCCCNC(=O)C(CCCCn1cnnc1)N=Cc1ccccc1O. The number of rotatable bonds is 11. The summed E-state index contributed by atoms with van der Waals surface area (Å²) < 4.78 is 1.92. The largest absolute Gasteiger partial charge is 0.507 e. The number of aliphatic imine (C=N–C) groups is 1. The molecule has 0 fully saturated rings. The minimum Gasteiger partial charge on any atom is -0.507 e. The third-order valence-electron chi connectivity index (χ3n) is 4.07. The van der Waals surface area contributed by atoms with Gasteiger partial charge < -0.3 is 15.0 Å². The minimum atomic E-state index is -0.452. The van der Waals surface area contributed by atoms with Crippen LogP contribution in [0.15, 0.2) is 41.9 Å². The van der Waals surface area contributed by atoms with Crippen LogP contribution in [0.2, 0.25) is 0 Å². The van der Waals surface area contributed by atoms with Crippen LogP contribution in [0.1, 0.15) is 44.6 Å². The topological polar surface area (TPSA) is 92.4 Å². The van der Waals surface area contributed by atoms with Crippen molar-refractivity contribution in [1.29, 1.82) is 0 Å². The molecule has 2 N–H and O–H groups in total. The highest BCUT2D eigenvalue weighted by molar-refractivity contribution is 5.88. The van der Waals surface area contributed by atoms with Crippen LogP contribution in [0.25, 0.3) is 0 Å². The molecule has 1 unspecified atom stereocenters. The predicted molar refractivity (Wildman–Crippen MR) is 101 cm³/mol.